The molecule has 0 saturated heterocycles. The van der Waals surface area contributed by atoms with Crippen LogP contribution in [-0.2, 0) is 0 Å². The van der Waals surface area contributed by atoms with E-state index in [9.17, 15) is 4.79 Å². The molecular weight excluding hydrogens is 198 g/mol. The van der Waals surface area contributed by atoms with Gasteiger partial charge in [0, 0.05) is 23.5 Å². The van der Waals surface area contributed by atoms with Crippen molar-refractivity contribution in [3.8, 4) is 11.1 Å². The summed E-state index contributed by atoms with van der Waals surface area (Å²) in [7, 11) is 0. The van der Waals surface area contributed by atoms with Crippen LogP contribution in [0.15, 0.2) is 36.7 Å². The van der Waals surface area contributed by atoms with Gasteiger partial charge >= 0.3 is 0 Å². The Morgan fingerprint density at radius 3 is 2.25 bits per heavy atom. The van der Waals surface area contributed by atoms with Gasteiger partial charge < -0.3 is 0 Å². The van der Waals surface area contributed by atoms with E-state index in [1.54, 1.807) is 12.4 Å². The Morgan fingerprint density at radius 2 is 1.62 bits per heavy atom. The van der Waals surface area contributed by atoms with E-state index in [0.717, 1.165) is 17.4 Å². The lowest BCUT2D eigenvalue weighted by atomic mass is 10.0. The van der Waals surface area contributed by atoms with Crippen molar-refractivity contribution < 1.29 is 4.79 Å². The topological polar surface area (TPSA) is 30.0 Å². The average Bonchev–Trinajstić information content (AvgIpc) is 2.28. The van der Waals surface area contributed by atoms with Gasteiger partial charge in [-0.2, -0.15) is 0 Å². The van der Waals surface area contributed by atoms with Gasteiger partial charge in [-0.05, 0) is 25.5 Å². The molecule has 0 bridgehead atoms. The van der Waals surface area contributed by atoms with Crippen LogP contribution in [-0.4, -0.2) is 11.3 Å². The number of carbonyl (C=O) groups is 1. The number of benzene rings is 1. The molecule has 2 heteroatoms. The predicted octanol–water partition coefficient (Wildman–Crippen LogP) is 3.18. The molecule has 0 unspecified atom stereocenters. The molecule has 0 aliphatic heterocycles. The zero-order valence-electron chi connectivity index (χ0n) is 9.40. The standard InChI is InChI=1S/C14H13NO/c1-10-3-11(2)5-13(4-10)14-6-12(9-16)7-15-8-14/h3-9H,1-2H3. The van der Waals surface area contributed by atoms with Crippen LogP contribution in [0.3, 0.4) is 0 Å². The lowest BCUT2D eigenvalue weighted by Crippen LogP contribution is -1.87. The summed E-state index contributed by atoms with van der Waals surface area (Å²) in [6.45, 7) is 4.13. The smallest absolute Gasteiger partial charge is 0.151 e. The van der Waals surface area contributed by atoms with E-state index < -0.39 is 0 Å². The van der Waals surface area contributed by atoms with Gasteiger partial charge in [-0.3, -0.25) is 9.78 Å². The summed E-state index contributed by atoms with van der Waals surface area (Å²) in [5.41, 5.74) is 5.12. The second kappa shape index (κ2) is 4.27. The minimum absolute atomic E-state index is 0.608. The lowest BCUT2D eigenvalue weighted by Gasteiger charge is -2.05. The molecule has 0 spiro atoms. The second-order valence-corrected chi connectivity index (χ2v) is 4.00. The van der Waals surface area contributed by atoms with E-state index in [-0.39, 0.29) is 0 Å². The largest absolute Gasteiger partial charge is 0.298 e. The summed E-state index contributed by atoms with van der Waals surface area (Å²) in [6, 6.07) is 8.17. The van der Waals surface area contributed by atoms with E-state index in [1.165, 1.54) is 11.1 Å². The third kappa shape index (κ3) is 2.16. The van der Waals surface area contributed by atoms with Crippen LogP contribution in [0, 0.1) is 13.8 Å². The molecule has 80 valence electrons. The third-order valence-corrected chi connectivity index (χ3v) is 2.45. The Hall–Kier alpha value is -1.96. The molecule has 0 saturated carbocycles. The van der Waals surface area contributed by atoms with Gasteiger partial charge in [0.1, 0.15) is 0 Å². The van der Waals surface area contributed by atoms with Crippen LogP contribution >= 0.6 is 0 Å². The van der Waals surface area contributed by atoms with Crippen molar-refractivity contribution in [3.05, 3.63) is 53.3 Å². The van der Waals surface area contributed by atoms with Crippen LogP contribution in [0.25, 0.3) is 11.1 Å². The lowest BCUT2D eigenvalue weighted by molar-refractivity contribution is 0.112. The molecule has 1 aromatic heterocycles. The van der Waals surface area contributed by atoms with Crippen molar-refractivity contribution in [1.82, 2.24) is 4.98 Å². The maximum atomic E-state index is 10.7. The summed E-state index contributed by atoms with van der Waals surface area (Å²) in [4.78, 5) is 14.7. The fourth-order valence-electron chi connectivity index (χ4n) is 1.82. The number of hydrogen-bond acceptors (Lipinski definition) is 2. The third-order valence-electron chi connectivity index (χ3n) is 2.45. The van der Waals surface area contributed by atoms with E-state index in [1.807, 2.05) is 6.07 Å². The van der Waals surface area contributed by atoms with Crippen molar-refractivity contribution in [3.63, 3.8) is 0 Å². The van der Waals surface area contributed by atoms with E-state index in [0.29, 0.717) is 5.56 Å². The average molecular weight is 211 g/mol. The first-order valence-electron chi connectivity index (χ1n) is 5.18. The number of aryl methyl sites for hydroxylation is 2. The highest BCUT2D eigenvalue weighted by molar-refractivity contribution is 5.78. The highest BCUT2D eigenvalue weighted by Crippen LogP contribution is 2.21. The molecule has 16 heavy (non-hydrogen) atoms. The van der Waals surface area contributed by atoms with E-state index >= 15 is 0 Å². The summed E-state index contributed by atoms with van der Waals surface area (Å²) >= 11 is 0. The van der Waals surface area contributed by atoms with Gasteiger partial charge in [0.2, 0.25) is 0 Å². The first-order valence-corrected chi connectivity index (χ1v) is 5.18. The predicted molar refractivity (Wildman–Crippen MR) is 64.5 cm³/mol. The molecule has 2 nitrogen and oxygen atoms in total. The fourth-order valence-corrected chi connectivity index (χ4v) is 1.82. The quantitative estimate of drug-likeness (QED) is 0.714. The highest BCUT2D eigenvalue weighted by atomic mass is 16.1. The minimum Gasteiger partial charge on any atom is -0.298 e. The molecule has 0 aliphatic rings. The van der Waals surface area contributed by atoms with Gasteiger partial charge in [-0.25, -0.2) is 0 Å². The van der Waals surface area contributed by atoms with Crippen molar-refractivity contribution in [2.75, 3.05) is 0 Å². The van der Waals surface area contributed by atoms with Gasteiger partial charge in [0.05, 0.1) is 0 Å². The molecular formula is C14H13NO. The Kier molecular flexibility index (Phi) is 2.82. The molecule has 0 fully saturated rings. The van der Waals surface area contributed by atoms with Crippen molar-refractivity contribution in [2.45, 2.75) is 13.8 Å². The zero-order valence-corrected chi connectivity index (χ0v) is 9.40. The Bertz CT molecular complexity index is 512. The summed E-state index contributed by atoms with van der Waals surface area (Å²) in [6.07, 6.45) is 4.17. The zero-order chi connectivity index (χ0) is 11.5. The number of nitrogens with zero attached hydrogens (tertiary/aromatic N) is 1. The fraction of sp³-hybridized carbons (Fsp3) is 0.143. The van der Waals surface area contributed by atoms with Gasteiger partial charge in [0.25, 0.3) is 0 Å². The minimum atomic E-state index is 0.608. The van der Waals surface area contributed by atoms with Gasteiger partial charge in [-0.15, -0.1) is 0 Å². The van der Waals surface area contributed by atoms with Gasteiger partial charge in [-0.1, -0.05) is 29.3 Å². The monoisotopic (exact) mass is 211 g/mol. The molecule has 1 aromatic carbocycles. The number of hydrogen-bond donors (Lipinski definition) is 0. The number of aldehydes is 1. The Balaban J connectivity index is 2.53. The molecule has 0 aliphatic carbocycles. The van der Waals surface area contributed by atoms with Crippen molar-refractivity contribution >= 4 is 6.29 Å². The van der Waals surface area contributed by atoms with Crippen LogP contribution in [0.2, 0.25) is 0 Å². The summed E-state index contributed by atoms with van der Waals surface area (Å²) < 4.78 is 0. The second-order valence-electron chi connectivity index (χ2n) is 4.00. The van der Waals surface area contributed by atoms with Crippen molar-refractivity contribution in [1.29, 1.82) is 0 Å². The Morgan fingerprint density at radius 1 is 0.938 bits per heavy atom. The molecule has 0 N–H and O–H groups in total. The van der Waals surface area contributed by atoms with E-state index in [2.05, 4.69) is 37.0 Å². The SMILES string of the molecule is Cc1cc(C)cc(-c2cncc(C=O)c2)c1. The molecule has 0 amide bonds. The van der Waals surface area contributed by atoms with E-state index in [4.69, 9.17) is 0 Å². The maximum Gasteiger partial charge on any atom is 0.151 e. The van der Waals surface area contributed by atoms with Crippen LogP contribution < -0.4 is 0 Å². The number of aromatic nitrogens is 1. The normalized spacial score (nSPS) is 10.1. The number of rotatable bonds is 2. The first-order chi connectivity index (χ1) is 7.69. The number of carbonyl (C=O) groups excluding carboxylic acids is 1. The maximum absolute atomic E-state index is 10.7. The van der Waals surface area contributed by atoms with Gasteiger partial charge in [0.15, 0.2) is 6.29 Å². The molecule has 0 atom stereocenters. The molecule has 0 radical (unpaired) electrons. The van der Waals surface area contributed by atoms with Crippen LogP contribution in [0.1, 0.15) is 21.5 Å². The number of pyridine rings is 1. The van der Waals surface area contributed by atoms with Crippen LogP contribution in [0.5, 0.6) is 0 Å². The van der Waals surface area contributed by atoms with Crippen molar-refractivity contribution in [2.24, 2.45) is 0 Å². The first kappa shape index (κ1) is 10.6. The van der Waals surface area contributed by atoms with Crippen LogP contribution in [0.4, 0.5) is 0 Å². The highest BCUT2D eigenvalue weighted by Gasteiger charge is 2.01. The molecule has 1 heterocycles. The molecule has 2 rings (SSSR count). The Labute approximate surface area is 95.0 Å². The molecule has 2 aromatic rings. The summed E-state index contributed by atoms with van der Waals surface area (Å²) in [5.74, 6) is 0. The summed E-state index contributed by atoms with van der Waals surface area (Å²) in [5, 5.41) is 0.